The van der Waals surface area contributed by atoms with Gasteiger partial charge in [-0.3, -0.25) is 0 Å². The number of fused-ring (bicyclic) bond motifs is 1. The molecule has 0 radical (unpaired) electrons. The number of rotatable bonds is 4. The molecule has 4 nitrogen and oxygen atoms in total. The van der Waals surface area contributed by atoms with Gasteiger partial charge in [0.25, 0.3) is 0 Å². The third-order valence-electron chi connectivity index (χ3n) is 4.58. The number of halogens is 2. The van der Waals surface area contributed by atoms with Crippen LogP contribution in [-0.2, 0) is 22.9 Å². The van der Waals surface area contributed by atoms with Crippen molar-refractivity contribution in [3.8, 4) is 11.1 Å². The standard InChI is InChI=1S/C17H18F2N2O2S/c1-10(24(20,22)23)6-11-7-12-2-3-13(9-14(12)8-11)15-4-5-16(18)21-17(15)19/h2-5,9-11H,6-8H2,1H3,(H2,20,22,23)/t10?,11-/m0/s1. The topological polar surface area (TPSA) is 73.0 Å². The first-order chi connectivity index (χ1) is 11.2. The highest BCUT2D eigenvalue weighted by molar-refractivity contribution is 7.89. The van der Waals surface area contributed by atoms with Gasteiger partial charge in [-0.05, 0) is 60.9 Å². The lowest BCUT2D eigenvalue weighted by Gasteiger charge is -2.13. The molecule has 24 heavy (non-hydrogen) atoms. The Balaban J connectivity index is 1.81. The second-order valence-electron chi connectivity index (χ2n) is 6.37. The monoisotopic (exact) mass is 352 g/mol. The van der Waals surface area contributed by atoms with Gasteiger partial charge in [0, 0.05) is 5.56 Å². The van der Waals surface area contributed by atoms with Gasteiger partial charge in [-0.2, -0.15) is 13.8 Å². The summed E-state index contributed by atoms with van der Waals surface area (Å²) in [6, 6.07) is 8.06. The van der Waals surface area contributed by atoms with Gasteiger partial charge in [0.2, 0.25) is 21.9 Å². The molecular weight excluding hydrogens is 334 g/mol. The van der Waals surface area contributed by atoms with E-state index in [1.807, 2.05) is 12.1 Å². The van der Waals surface area contributed by atoms with Gasteiger partial charge >= 0.3 is 0 Å². The fraction of sp³-hybridized carbons (Fsp3) is 0.353. The molecule has 7 heteroatoms. The van der Waals surface area contributed by atoms with Crippen molar-refractivity contribution in [2.24, 2.45) is 11.1 Å². The average Bonchev–Trinajstić information content (AvgIpc) is 2.87. The Morgan fingerprint density at radius 3 is 2.58 bits per heavy atom. The first kappa shape index (κ1) is 17.0. The van der Waals surface area contributed by atoms with E-state index in [0.717, 1.165) is 30.0 Å². The Labute approximate surface area is 139 Å². The summed E-state index contributed by atoms with van der Waals surface area (Å²) >= 11 is 0. The lowest BCUT2D eigenvalue weighted by molar-refractivity contribution is 0.493. The van der Waals surface area contributed by atoms with E-state index in [0.29, 0.717) is 12.0 Å². The molecule has 0 bridgehead atoms. The maximum Gasteiger partial charge on any atom is 0.223 e. The Kier molecular flexibility index (Phi) is 4.40. The summed E-state index contributed by atoms with van der Waals surface area (Å²) in [5, 5.41) is 4.60. The molecule has 0 saturated heterocycles. The summed E-state index contributed by atoms with van der Waals surface area (Å²) < 4.78 is 49.6. The van der Waals surface area contributed by atoms with E-state index in [9.17, 15) is 17.2 Å². The van der Waals surface area contributed by atoms with Crippen LogP contribution in [0.1, 0.15) is 24.5 Å². The van der Waals surface area contributed by atoms with Crippen molar-refractivity contribution in [1.82, 2.24) is 4.98 Å². The second kappa shape index (κ2) is 6.22. The van der Waals surface area contributed by atoms with Crippen LogP contribution in [0.5, 0.6) is 0 Å². The lowest BCUT2D eigenvalue weighted by Crippen LogP contribution is -2.28. The molecule has 1 aromatic heterocycles. The van der Waals surface area contributed by atoms with Crippen molar-refractivity contribution in [3.05, 3.63) is 53.4 Å². The number of pyridine rings is 1. The summed E-state index contributed by atoms with van der Waals surface area (Å²) in [7, 11) is -3.53. The highest BCUT2D eigenvalue weighted by atomic mass is 32.2. The highest BCUT2D eigenvalue weighted by Gasteiger charge is 2.27. The van der Waals surface area contributed by atoms with Crippen LogP contribution in [0.3, 0.4) is 0 Å². The second-order valence-corrected chi connectivity index (χ2v) is 8.35. The zero-order valence-electron chi connectivity index (χ0n) is 13.2. The van der Waals surface area contributed by atoms with E-state index in [1.165, 1.54) is 6.07 Å². The van der Waals surface area contributed by atoms with Gasteiger partial charge in [-0.15, -0.1) is 0 Å². The number of hydrogen-bond acceptors (Lipinski definition) is 3. The molecule has 2 aromatic rings. The summed E-state index contributed by atoms with van der Waals surface area (Å²) in [6.07, 6.45) is 1.99. The Hall–Kier alpha value is -1.86. The maximum atomic E-state index is 13.8. The molecule has 1 heterocycles. The number of benzene rings is 1. The predicted octanol–water partition coefficient (Wildman–Crippen LogP) is 2.81. The molecule has 0 aliphatic heterocycles. The van der Waals surface area contributed by atoms with Crippen LogP contribution < -0.4 is 5.14 Å². The van der Waals surface area contributed by atoms with Crippen molar-refractivity contribution in [3.63, 3.8) is 0 Å². The number of aromatic nitrogens is 1. The van der Waals surface area contributed by atoms with E-state index in [4.69, 9.17) is 5.14 Å². The van der Waals surface area contributed by atoms with E-state index in [-0.39, 0.29) is 11.5 Å². The lowest BCUT2D eigenvalue weighted by atomic mass is 10.0. The minimum absolute atomic E-state index is 0.194. The number of nitrogens with two attached hydrogens (primary N) is 1. The maximum absolute atomic E-state index is 13.8. The van der Waals surface area contributed by atoms with Crippen LogP contribution in [0, 0.1) is 17.8 Å². The number of nitrogens with zero attached hydrogens (tertiary/aromatic N) is 1. The van der Waals surface area contributed by atoms with Crippen LogP contribution in [0.4, 0.5) is 8.78 Å². The highest BCUT2D eigenvalue weighted by Crippen LogP contribution is 2.34. The minimum atomic E-state index is -3.53. The molecule has 2 N–H and O–H groups in total. The molecule has 0 spiro atoms. The number of hydrogen-bond donors (Lipinski definition) is 1. The minimum Gasteiger partial charge on any atom is -0.228 e. The van der Waals surface area contributed by atoms with Crippen molar-refractivity contribution >= 4 is 10.0 Å². The molecule has 3 rings (SSSR count). The van der Waals surface area contributed by atoms with Crippen molar-refractivity contribution in [2.45, 2.75) is 31.4 Å². The summed E-state index contributed by atoms with van der Waals surface area (Å²) in [4.78, 5) is 3.21. The quantitative estimate of drug-likeness (QED) is 0.860. The third-order valence-corrected chi connectivity index (χ3v) is 5.89. The van der Waals surface area contributed by atoms with E-state index >= 15 is 0 Å². The largest absolute Gasteiger partial charge is 0.228 e. The third kappa shape index (κ3) is 3.47. The van der Waals surface area contributed by atoms with Gasteiger partial charge in [-0.25, -0.2) is 13.6 Å². The molecule has 1 unspecified atom stereocenters. The molecule has 0 saturated carbocycles. The van der Waals surface area contributed by atoms with E-state index in [1.54, 1.807) is 13.0 Å². The van der Waals surface area contributed by atoms with Crippen LogP contribution in [0.2, 0.25) is 0 Å². The normalized spacial score (nSPS) is 18.4. The van der Waals surface area contributed by atoms with Crippen LogP contribution >= 0.6 is 0 Å². The van der Waals surface area contributed by atoms with Gasteiger partial charge < -0.3 is 0 Å². The van der Waals surface area contributed by atoms with E-state index in [2.05, 4.69) is 4.98 Å². The number of primary sulfonamides is 1. The molecule has 2 atom stereocenters. The molecule has 0 fully saturated rings. The zero-order valence-corrected chi connectivity index (χ0v) is 14.0. The molecule has 1 aliphatic rings. The molecule has 1 aromatic carbocycles. The molecule has 128 valence electrons. The zero-order chi connectivity index (χ0) is 17.5. The Bertz CT molecular complexity index is 884. The van der Waals surface area contributed by atoms with Crippen LogP contribution in [-0.4, -0.2) is 18.7 Å². The van der Waals surface area contributed by atoms with Crippen LogP contribution in [0.25, 0.3) is 11.1 Å². The average molecular weight is 352 g/mol. The fourth-order valence-electron chi connectivity index (χ4n) is 3.27. The van der Waals surface area contributed by atoms with Crippen molar-refractivity contribution in [2.75, 3.05) is 0 Å². The predicted molar refractivity (Wildman–Crippen MR) is 87.7 cm³/mol. The summed E-state index contributed by atoms with van der Waals surface area (Å²) in [5.74, 6) is -1.50. The Morgan fingerprint density at radius 1 is 1.21 bits per heavy atom. The number of sulfonamides is 1. The van der Waals surface area contributed by atoms with E-state index < -0.39 is 27.2 Å². The molecule has 1 aliphatic carbocycles. The van der Waals surface area contributed by atoms with Gasteiger partial charge in [0.15, 0.2) is 0 Å². The fourth-order valence-corrected chi connectivity index (χ4v) is 3.81. The first-order valence-electron chi connectivity index (χ1n) is 7.70. The summed E-state index contributed by atoms with van der Waals surface area (Å²) in [5.41, 5.74) is 3.07. The summed E-state index contributed by atoms with van der Waals surface area (Å²) in [6.45, 7) is 1.61. The smallest absolute Gasteiger partial charge is 0.223 e. The van der Waals surface area contributed by atoms with Crippen molar-refractivity contribution < 1.29 is 17.2 Å². The molecular formula is C17H18F2N2O2S. The van der Waals surface area contributed by atoms with Gasteiger partial charge in [0.1, 0.15) is 0 Å². The van der Waals surface area contributed by atoms with Gasteiger partial charge in [0.05, 0.1) is 5.25 Å². The van der Waals surface area contributed by atoms with Crippen LogP contribution in [0.15, 0.2) is 30.3 Å². The molecule has 0 amide bonds. The van der Waals surface area contributed by atoms with Gasteiger partial charge in [-0.1, -0.05) is 18.2 Å². The Morgan fingerprint density at radius 2 is 1.92 bits per heavy atom. The first-order valence-corrected chi connectivity index (χ1v) is 9.31. The SMILES string of the molecule is CC(C[C@H]1Cc2ccc(-c3ccc(F)nc3F)cc2C1)S(N)(=O)=O. The van der Waals surface area contributed by atoms with Crippen molar-refractivity contribution in [1.29, 1.82) is 0 Å².